The number of hydrogen-bond donors (Lipinski definition) is 0. The second-order valence-electron chi connectivity index (χ2n) is 4.69. The van der Waals surface area contributed by atoms with Crippen molar-refractivity contribution in [2.24, 2.45) is 0 Å². The van der Waals surface area contributed by atoms with E-state index in [1.165, 1.54) is 11.4 Å². The highest BCUT2D eigenvalue weighted by Crippen LogP contribution is 2.27. The van der Waals surface area contributed by atoms with Crippen molar-refractivity contribution in [1.29, 1.82) is 0 Å². The summed E-state index contributed by atoms with van der Waals surface area (Å²) < 4.78 is 35.7. The number of ether oxygens (including phenoxy) is 1. The molecule has 1 aromatic rings. The number of hydrogen-bond acceptors (Lipinski definition) is 6. The Labute approximate surface area is 113 Å². The quantitative estimate of drug-likeness (QED) is 0.786. The Kier molecular flexibility index (Phi) is 4.54. The Morgan fingerprint density at radius 2 is 2.32 bits per heavy atom. The maximum atomic E-state index is 12.1. The van der Waals surface area contributed by atoms with Gasteiger partial charge in [-0.2, -0.15) is 4.98 Å². The minimum absolute atomic E-state index is 0.00716. The molecule has 0 bridgehead atoms. The van der Waals surface area contributed by atoms with Crippen molar-refractivity contribution in [2.75, 3.05) is 32.6 Å². The fraction of sp³-hybridized carbons (Fsp3) is 0.818. The van der Waals surface area contributed by atoms with Crippen LogP contribution in [0.15, 0.2) is 4.52 Å². The summed E-state index contributed by atoms with van der Waals surface area (Å²) in [5.74, 6) is 1.12. The van der Waals surface area contributed by atoms with E-state index in [1.54, 1.807) is 6.92 Å². The van der Waals surface area contributed by atoms with E-state index in [0.29, 0.717) is 24.8 Å². The molecular formula is C11H19N3O4S. The Balaban J connectivity index is 2.05. The van der Waals surface area contributed by atoms with Gasteiger partial charge in [0.25, 0.3) is 0 Å². The summed E-state index contributed by atoms with van der Waals surface area (Å²) in [4.78, 5) is 4.19. The van der Waals surface area contributed by atoms with Gasteiger partial charge in [0.05, 0.1) is 18.3 Å². The van der Waals surface area contributed by atoms with E-state index in [0.717, 1.165) is 12.8 Å². The largest absolute Gasteiger partial charge is 0.384 e. The predicted molar refractivity (Wildman–Crippen MR) is 68.2 cm³/mol. The highest BCUT2D eigenvalue weighted by atomic mass is 32.2. The number of methoxy groups -OCH3 is 1. The monoisotopic (exact) mass is 289 g/mol. The summed E-state index contributed by atoms with van der Waals surface area (Å²) in [5, 5.41) is 3.75. The number of piperidine rings is 1. The zero-order valence-electron chi connectivity index (χ0n) is 11.2. The van der Waals surface area contributed by atoms with Crippen molar-refractivity contribution in [1.82, 2.24) is 14.4 Å². The van der Waals surface area contributed by atoms with Gasteiger partial charge in [-0.25, -0.2) is 12.7 Å². The van der Waals surface area contributed by atoms with Crippen molar-refractivity contribution in [3.8, 4) is 0 Å². The fourth-order valence-corrected chi connectivity index (χ4v) is 3.64. The first kappa shape index (κ1) is 14.4. The van der Waals surface area contributed by atoms with Gasteiger partial charge in [-0.1, -0.05) is 5.16 Å². The second kappa shape index (κ2) is 5.98. The first-order valence-corrected chi connectivity index (χ1v) is 7.91. The molecule has 2 heterocycles. The lowest BCUT2D eigenvalue weighted by molar-refractivity contribution is 0.213. The molecule has 0 N–H and O–H groups in total. The van der Waals surface area contributed by atoms with Crippen LogP contribution in [0.25, 0.3) is 0 Å². The molecule has 0 unspecified atom stereocenters. The van der Waals surface area contributed by atoms with Crippen molar-refractivity contribution in [2.45, 2.75) is 25.7 Å². The summed E-state index contributed by atoms with van der Waals surface area (Å²) >= 11 is 0. The first-order valence-electron chi connectivity index (χ1n) is 6.30. The lowest BCUT2D eigenvalue weighted by Gasteiger charge is -2.30. The van der Waals surface area contributed by atoms with E-state index in [9.17, 15) is 8.42 Å². The molecule has 1 saturated heterocycles. The van der Waals surface area contributed by atoms with Crippen molar-refractivity contribution in [3.05, 3.63) is 11.7 Å². The summed E-state index contributed by atoms with van der Waals surface area (Å²) in [5.41, 5.74) is 0. The van der Waals surface area contributed by atoms with Crippen LogP contribution in [0.5, 0.6) is 0 Å². The van der Waals surface area contributed by atoms with Crippen molar-refractivity contribution < 1.29 is 17.7 Å². The summed E-state index contributed by atoms with van der Waals surface area (Å²) in [6, 6.07) is 0. The summed E-state index contributed by atoms with van der Waals surface area (Å²) in [6.45, 7) is 2.93. The predicted octanol–water partition coefficient (Wildman–Crippen LogP) is 0.534. The third-order valence-corrected chi connectivity index (χ3v) is 5.02. The average molecular weight is 289 g/mol. The maximum absolute atomic E-state index is 12.1. The fourth-order valence-electron chi connectivity index (χ4n) is 2.19. The van der Waals surface area contributed by atoms with Crippen molar-refractivity contribution >= 4 is 10.0 Å². The minimum atomic E-state index is -3.26. The molecule has 1 aliphatic rings. The van der Waals surface area contributed by atoms with Crippen LogP contribution >= 0.6 is 0 Å². The molecule has 7 nitrogen and oxygen atoms in total. The van der Waals surface area contributed by atoms with Crippen LogP contribution in [-0.4, -0.2) is 55.4 Å². The van der Waals surface area contributed by atoms with Gasteiger partial charge < -0.3 is 9.26 Å². The van der Waals surface area contributed by atoms with E-state index >= 15 is 0 Å². The zero-order valence-corrected chi connectivity index (χ0v) is 12.0. The first-order chi connectivity index (χ1) is 9.03. The SMILES string of the molecule is COCCS(=O)(=O)N1CCC[C@H](c2nc(C)no2)C1. The van der Waals surface area contributed by atoms with Gasteiger partial charge in [0.1, 0.15) is 0 Å². The van der Waals surface area contributed by atoms with E-state index in [-0.39, 0.29) is 18.3 Å². The molecule has 0 saturated carbocycles. The molecule has 19 heavy (non-hydrogen) atoms. The molecule has 0 aliphatic carbocycles. The molecule has 1 aromatic heterocycles. The van der Waals surface area contributed by atoms with Crippen LogP contribution in [0.4, 0.5) is 0 Å². The van der Waals surface area contributed by atoms with Crippen LogP contribution in [0.2, 0.25) is 0 Å². The number of sulfonamides is 1. The maximum Gasteiger partial charge on any atom is 0.231 e. The van der Waals surface area contributed by atoms with Crippen LogP contribution in [0, 0.1) is 6.92 Å². The van der Waals surface area contributed by atoms with E-state index < -0.39 is 10.0 Å². The van der Waals surface area contributed by atoms with E-state index in [1.807, 2.05) is 0 Å². The van der Waals surface area contributed by atoms with Gasteiger partial charge in [0.15, 0.2) is 5.82 Å². The number of nitrogens with zero attached hydrogens (tertiary/aromatic N) is 3. The molecule has 0 aromatic carbocycles. The molecule has 2 rings (SSSR count). The van der Waals surface area contributed by atoms with Crippen LogP contribution < -0.4 is 0 Å². The van der Waals surface area contributed by atoms with E-state index in [4.69, 9.17) is 9.26 Å². The normalized spacial score (nSPS) is 21.7. The number of aromatic nitrogens is 2. The van der Waals surface area contributed by atoms with Crippen LogP contribution in [-0.2, 0) is 14.8 Å². The topological polar surface area (TPSA) is 85.5 Å². The average Bonchev–Trinajstić information content (AvgIpc) is 2.83. The molecule has 1 atom stereocenters. The third-order valence-electron chi connectivity index (χ3n) is 3.22. The van der Waals surface area contributed by atoms with Gasteiger partial charge in [0, 0.05) is 20.2 Å². The smallest absolute Gasteiger partial charge is 0.231 e. The second-order valence-corrected chi connectivity index (χ2v) is 6.77. The van der Waals surface area contributed by atoms with Crippen LogP contribution in [0.1, 0.15) is 30.5 Å². The molecule has 8 heteroatoms. The molecule has 1 fully saturated rings. The molecule has 0 radical (unpaired) electrons. The molecular weight excluding hydrogens is 270 g/mol. The molecule has 108 valence electrons. The zero-order chi connectivity index (χ0) is 13.9. The third kappa shape index (κ3) is 3.52. The number of aryl methyl sites for hydroxylation is 1. The summed E-state index contributed by atoms with van der Waals surface area (Å²) in [7, 11) is -1.77. The number of rotatable bonds is 5. The standard InChI is InChI=1S/C11H19N3O4S/c1-9-12-11(18-13-9)10-4-3-5-14(8-10)19(15,16)7-6-17-2/h10H,3-8H2,1-2H3/t10-/m0/s1. The Hall–Kier alpha value is -0.990. The summed E-state index contributed by atoms with van der Waals surface area (Å²) in [6.07, 6.45) is 1.68. The molecule has 1 aliphatic heterocycles. The van der Waals surface area contributed by atoms with Crippen molar-refractivity contribution in [3.63, 3.8) is 0 Å². The van der Waals surface area contributed by atoms with Gasteiger partial charge in [-0.3, -0.25) is 0 Å². The van der Waals surface area contributed by atoms with Gasteiger partial charge in [0.2, 0.25) is 15.9 Å². The Morgan fingerprint density at radius 3 is 2.95 bits per heavy atom. The van der Waals surface area contributed by atoms with E-state index in [2.05, 4.69) is 10.1 Å². The highest BCUT2D eigenvalue weighted by molar-refractivity contribution is 7.89. The lowest BCUT2D eigenvalue weighted by Crippen LogP contribution is -2.41. The van der Waals surface area contributed by atoms with Gasteiger partial charge in [-0.05, 0) is 19.8 Å². The van der Waals surface area contributed by atoms with Gasteiger partial charge in [-0.15, -0.1) is 0 Å². The lowest BCUT2D eigenvalue weighted by atomic mass is 10.00. The highest BCUT2D eigenvalue weighted by Gasteiger charge is 2.31. The minimum Gasteiger partial charge on any atom is -0.384 e. The Morgan fingerprint density at radius 1 is 1.53 bits per heavy atom. The van der Waals surface area contributed by atoms with Gasteiger partial charge >= 0.3 is 0 Å². The molecule has 0 amide bonds. The molecule has 0 spiro atoms. The van der Waals surface area contributed by atoms with Crippen LogP contribution in [0.3, 0.4) is 0 Å². The Bertz CT molecular complexity index is 514.